The van der Waals surface area contributed by atoms with E-state index in [1.54, 1.807) is 0 Å². The van der Waals surface area contributed by atoms with Crippen LogP contribution in [0.3, 0.4) is 0 Å². The van der Waals surface area contributed by atoms with Crippen molar-refractivity contribution < 1.29 is 29.2 Å². The van der Waals surface area contributed by atoms with Crippen molar-refractivity contribution in [3.05, 3.63) is 35.9 Å². The highest BCUT2D eigenvalue weighted by Gasteiger charge is 2.24. The molecule has 0 atom stereocenters. The predicted molar refractivity (Wildman–Crippen MR) is 58.5 cm³/mol. The standard InChI is InChI=1S/C12H8F2O4/c13-8-9(14)12(18)11(17)7(10(8)16)5-1-3-6(15)4-2-5/h1-4,15-18H. The zero-order valence-electron chi connectivity index (χ0n) is 8.85. The highest BCUT2D eigenvalue weighted by molar-refractivity contribution is 5.79. The second-order valence-electron chi connectivity index (χ2n) is 3.60. The van der Waals surface area contributed by atoms with Crippen LogP contribution >= 0.6 is 0 Å². The third kappa shape index (κ3) is 1.67. The Bertz CT molecular complexity index is 579. The topological polar surface area (TPSA) is 80.9 Å². The molecule has 0 bridgehead atoms. The first-order valence-electron chi connectivity index (χ1n) is 4.84. The maximum atomic E-state index is 13.3. The molecule has 0 aliphatic heterocycles. The lowest BCUT2D eigenvalue weighted by Gasteiger charge is -2.11. The Morgan fingerprint density at radius 1 is 0.667 bits per heavy atom. The molecule has 0 radical (unpaired) electrons. The van der Waals surface area contributed by atoms with Gasteiger partial charge in [-0.3, -0.25) is 0 Å². The number of phenols is 4. The molecule has 0 heterocycles. The van der Waals surface area contributed by atoms with E-state index in [-0.39, 0.29) is 11.3 Å². The zero-order valence-corrected chi connectivity index (χ0v) is 8.85. The minimum atomic E-state index is -1.73. The molecular formula is C12H8F2O4. The van der Waals surface area contributed by atoms with E-state index >= 15 is 0 Å². The van der Waals surface area contributed by atoms with E-state index < -0.39 is 34.4 Å². The first-order valence-corrected chi connectivity index (χ1v) is 4.84. The molecule has 0 aliphatic carbocycles. The van der Waals surface area contributed by atoms with Crippen LogP contribution in [0.25, 0.3) is 11.1 Å². The van der Waals surface area contributed by atoms with Gasteiger partial charge >= 0.3 is 0 Å². The summed E-state index contributed by atoms with van der Waals surface area (Å²) in [5, 5.41) is 37.3. The molecule has 6 heteroatoms. The summed E-state index contributed by atoms with van der Waals surface area (Å²) in [5.74, 6) is -6.84. The molecule has 18 heavy (non-hydrogen) atoms. The molecular weight excluding hydrogens is 246 g/mol. The summed E-state index contributed by atoms with van der Waals surface area (Å²) >= 11 is 0. The highest BCUT2D eigenvalue weighted by Crippen LogP contribution is 2.46. The molecule has 0 unspecified atom stereocenters. The molecule has 0 aliphatic rings. The number of aromatic hydroxyl groups is 4. The fourth-order valence-electron chi connectivity index (χ4n) is 1.55. The highest BCUT2D eigenvalue weighted by atomic mass is 19.2. The van der Waals surface area contributed by atoms with Gasteiger partial charge in [0.15, 0.2) is 17.2 Å². The summed E-state index contributed by atoms with van der Waals surface area (Å²) in [5.41, 5.74) is -0.344. The van der Waals surface area contributed by atoms with Crippen LogP contribution in [0.1, 0.15) is 0 Å². The summed E-state index contributed by atoms with van der Waals surface area (Å²) in [6, 6.07) is 4.99. The van der Waals surface area contributed by atoms with E-state index in [4.69, 9.17) is 5.11 Å². The molecule has 0 saturated heterocycles. The molecule has 0 spiro atoms. The van der Waals surface area contributed by atoms with E-state index in [9.17, 15) is 24.1 Å². The van der Waals surface area contributed by atoms with Crippen LogP contribution < -0.4 is 0 Å². The van der Waals surface area contributed by atoms with Crippen LogP contribution in [0.4, 0.5) is 8.78 Å². The van der Waals surface area contributed by atoms with E-state index in [2.05, 4.69) is 0 Å². The van der Waals surface area contributed by atoms with Crippen molar-refractivity contribution in [3.63, 3.8) is 0 Å². The van der Waals surface area contributed by atoms with E-state index in [1.807, 2.05) is 0 Å². The summed E-state index contributed by atoms with van der Waals surface area (Å²) in [7, 11) is 0. The first kappa shape index (κ1) is 12.0. The lowest BCUT2D eigenvalue weighted by Crippen LogP contribution is -1.91. The number of halogens is 2. The fourth-order valence-corrected chi connectivity index (χ4v) is 1.55. The molecule has 4 N–H and O–H groups in total. The average molecular weight is 254 g/mol. The molecule has 4 nitrogen and oxygen atoms in total. The summed E-state index contributed by atoms with van der Waals surface area (Å²) in [6.45, 7) is 0. The number of phenolic OH excluding ortho intramolecular Hbond substituents is 4. The first-order chi connectivity index (χ1) is 8.43. The average Bonchev–Trinajstić information content (AvgIpc) is 2.36. The molecule has 2 rings (SSSR count). The Labute approximate surface area is 100.0 Å². The minimum absolute atomic E-state index is 0.0791. The van der Waals surface area contributed by atoms with Gasteiger partial charge in [0.25, 0.3) is 0 Å². The lowest BCUT2D eigenvalue weighted by molar-refractivity contribution is 0.346. The second-order valence-corrected chi connectivity index (χ2v) is 3.60. The normalized spacial score (nSPS) is 10.6. The minimum Gasteiger partial charge on any atom is -0.508 e. The Kier molecular flexibility index (Phi) is 2.70. The second kappa shape index (κ2) is 4.06. The molecule has 2 aromatic carbocycles. The quantitative estimate of drug-likeness (QED) is 0.465. The number of benzene rings is 2. The van der Waals surface area contributed by atoms with Crippen LogP contribution in [0.2, 0.25) is 0 Å². The third-order valence-corrected chi connectivity index (χ3v) is 2.46. The van der Waals surface area contributed by atoms with E-state index in [1.165, 1.54) is 24.3 Å². The van der Waals surface area contributed by atoms with Crippen LogP contribution in [-0.2, 0) is 0 Å². The lowest BCUT2D eigenvalue weighted by atomic mass is 10.0. The van der Waals surface area contributed by atoms with Gasteiger partial charge in [-0.05, 0) is 17.7 Å². The molecule has 94 valence electrons. The SMILES string of the molecule is Oc1ccc(-c2c(O)c(O)c(F)c(F)c2O)cc1. The van der Waals surface area contributed by atoms with Gasteiger partial charge in [0, 0.05) is 0 Å². The molecule has 0 fully saturated rings. The van der Waals surface area contributed by atoms with Crippen molar-refractivity contribution in [2.24, 2.45) is 0 Å². The van der Waals surface area contributed by atoms with Crippen molar-refractivity contribution in [3.8, 4) is 34.1 Å². The zero-order chi connectivity index (χ0) is 13.4. The molecule has 0 aromatic heterocycles. The van der Waals surface area contributed by atoms with Gasteiger partial charge in [-0.1, -0.05) is 12.1 Å². The largest absolute Gasteiger partial charge is 0.508 e. The Morgan fingerprint density at radius 3 is 1.72 bits per heavy atom. The molecule has 2 aromatic rings. The smallest absolute Gasteiger partial charge is 0.208 e. The van der Waals surface area contributed by atoms with Gasteiger partial charge in [0.1, 0.15) is 5.75 Å². The van der Waals surface area contributed by atoms with Crippen LogP contribution in [0.5, 0.6) is 23.0 Å². The van der Waals surface area contributed by atoms with Gasteiger partial charge in [-0.25, -0.2) is 0 Å². The van der Waals surface area contributed by atoms with Gasteiger partial charge in [-0.15, -0.1) is 0 Å². The fraction of sp³-hybridized carbons (Fsp3) is 0. The van der Waals surface area contributed by atoms with Gasteiger partial charge in [0.05, 0.1) is 5.56 Å². The van der Waals surface area contributed by atoms with Crippen molar-refractivity contribution in [2.75, 3.05) is 0 Å². The number of rotatable bonds is 1. The van der Waals surface area contributed by atoms with Gasteiger partial charge in [-0.2, -0.15) is 8.78 Å². The Balaban J connectivity index is 2.75. The summed E-state index contributed by atoms with van der Waals surface area (Å²) < 4.78 is 26.3. The van der Waals surface area contributed by atoms with Crippen LogP contribution in [-0.4, -0.2) is 20.4 Å². The van der Waals surface area contributed by atoms with Crippen molar-refractivity contribution in [1.82, 2.24) is 0 Å². The van der Waals surface area contributed by atoms with Crippen LogP contribution in [0.15, 0.2) is 24.3 Å². The van der Waals surface area contributed by atoms with Gasteiger partial charge < -0.3 is 20.4 Å². The van der Waals surface area contributed by atoms with Crippen molar-refractivity contribution in [2.45, 2.75) is 0 Å². The Morgan fingerprint density at radius 2 is 1.17 bits per heavy atom. The van der Waals surface area contributed by atoms with E-state index in [0.717, 1.165) is 0 Å². The maximum Gasteiger partial charge on any atom is 0.208 e. The number of hydrogen-bond donors (Lipinski definition) is 4. The van der Waals surface area contributed by atoms with Gasteiger partial charge in [0.2, 0.25) is 11.6 Å². The predicted octanol–water partition coefficient (Wildman–Crippen LogP) is 2.45. The molecule has 0 amide bonds. The van der Waals surface area contributed by atoms with E-state index in [0.29, 0.717) is 0 Å². The Hall–Kier alpha value is -2.50. The number of hydrogen-bond acceptors (Lipinski definition) is 4. The maximum absolute atomic E-state index is 13.3. The van der Waals surface area contributed by atoms with Crippen LogP contribution in [0, 0.1) is 11.6 Å². The summed E-state index contributed by atoms with van der Waals surface area (Å²) in [4.78, 5) is 0. The summed E-state index contributed by atoms with van der Waals surface area (Å²) in [6.07, 6.45) is 0. The van der Waals surface area contributed by atoms with Crippen molar-refractivity contribution in [1.29, 1.82) is 0 Å². The monoisotopic (exact) mass is 254 g/mol. The van der Waals surface area contributed by atoms with Crippen molar-refractivity contribution >= 4 is 0 Å². The molecule has 0 saturated carbocycles. The third-order valence-electron chi connectivity index (χ3n) is 2.46.